The molecule has 0 spiro atoms. The molecule has 0 aliphatic carbocycles. The number of amides is 1. The number of alkyl halides is 2. The molecular weight excluding hydrogens is 406 g/mol. The fourth-order valence-electron chi connectivity index (χ4n) is 2.16. The van der Waals surface area contributed by atoms with Gasteiger partial charge in [0, 0.05) is 5.69 Å². The number of ether oxygens (including phenoxy) is 1. The second-order valence-electron chi connectivity index (χ2n) is 5.58. The summed E-state index contributed by atoms with van der Waals surface area (Å²) in [4.78, 5) is 12.1. The number of hydrogen-bond donors (Lipinski definition) is 2. The minimum Gasteiger partial charge on any atom is -0.433 e. The molecule has 3 aromatic rings. The van der Waals surface area contributed by atoms with Gasteiger partial charge in [-0.05, 0) is 31.2 Å². The molecule has 2 aromatic carbocycles. The number of carbonyl (C=O) groups excluding carboxylic acids is 1. The number of benzene rings is 2. The molecule has 146 valence electrons. The molecule has 0 saturated heterocycles. The van der Waals surface area contributed by atoms with Crippen molar-refractivity contribution in [3.05, 3.63) is 54.1 Å². The van der Waals surface area contributed by atoms with Crippen LogP contribution >= 0.6 is 23.1 Å². The molecule has 1 amide bonds. The first-order valence-electron chi connectivity index (χ1n) is 8.13. The summed E-state index contributed by atoms with van der Waals surface area (Å²) in [6.45, 7) is -0.958. The van der Waals surface area contributed by atoms with Crippen LogP contribution in [0.2, 0.25) is 0 Å². The van der Waals surface area contributed by atoms with Crippen molar-refractivity contribution in [2.45, 2.75) is 17.9 Å². The highest BCUT2D eigenvalue weighted by Gasteiger charge is 2.13. The maximum atomic E-state index is 12.4. The molecule has 0 aliphatic rings. The molecule has 1 heterocycles. The Balaban J connectivity index is 1.53. The quantitative estimate of drug-likeness (QED) is 0.502. The summed E-state index contributed by atoms with van der Waals surface area (Å²) < 4.78 is 29.9. The Bertz CT molecular complexity index is 935. The zero-order valence-corrected chi connectivity index (χ0v) is 16.3. The molecule has 0 saturated carbocycles. The average molecular weight is 422 g/mol. The second kappa shape index (κ2) is 9.47. The van der Waals surface area contributed by atoms with Gasteiger partial charge < -0.3 is 15.4 Å². The maximum Gasteiger partial charge on any atom is 0.387 e. The van der Waals surface area contributed by atoms with Crippen LogP contribution in [0.15, 0.2) is 52.9 Å². The molecule has 1 aromatic heterocycles. The fourth-order valence-corrected chi connectivity index (χ4v) is 3.73. The van der Waals surface area contributed by atoms with Gasteiger partial charge in [-0.2, -0.15) is 8.78 Å². The minimum atomic E-state index is -2.96. The molecule has 0 fully saturated rings. The second-order valence-corrected chi connectivity index (χ2v) is 7.78. The summed E-state index contributed by atoms with van der Waals surface area (Å²) in [6, 6.07) is 13.9. The van der Waals surface area contributed by atoms with Crippen LogP contribution in [0.5, 0.6) is 5.75 Å². The largest absolute Gasteiger partial charge is 0.433 e. The highest BCUT2D eigenvalue weighted by Crippen LogP contribution is 2.29. The highest BCUT2D eigenvalue weighted by atomic mass is 32.2. The number of aromatic nitrogens is 2. The van der Waals surface area contributed by atoms with Crippen LogP contribution < -0.4 is 15.4 Å². The molecule has 0 unspecified atom stereocenters. The first-order chi connectivity index (χ1) is 13.5. The van der Waals surface area contributed by atoms with Crippen LogP contribution in [0.25, 0.3) is 0 Å². The third-order valence-electron chi connectivity index (χ3n) is 3.41. The van der Waals surface area contributed by atoms with Gasteiger partial charge in [-0.1, -0.05) is 52.9 Å². The summed E-state index contributed by atoms with van der Waals surface area (Å²) in [5.41, 5.74) is 2.24. The lowest BCUT2D eigenvalue weighted by atomic mass is 10.2. The van der Waals surface area contributed by atoms with E-state index in [1.54, 1.807) is 12.1 Å². The Hall–Kier alpha value is -2.72. The van der Waals surface area contributed by atoms with Gasteiger partial charge in [0.25, 0.3) is 0 Å². The lowest BCUT2D eigenvalue weighted by molar-refractivity contribution is -0.113. The van der Waals surface area contributed by atoms with E-state index in [-0.39, 0.29) is 23.1 Å². The number of halogens is 2. The van der Waals surface area contributed by atoms with Gasteiger partial charge in [0.15, 0.2) is 4.34 Å². The first-order valence-corrected chi connectivity index (χ1v) is 9.93. The molecule has 0 radical (unpaired) electrons. The van der Waals surface area contributed by atoms with Crippen molar-refractivity contribution in [3.8, 4) is 5.75 Å². The van der Waals surface area contributed by atoms with Crippen LogP contribution in [-0.4, -0.2) is 28.5 Å². The van der Waals surface area contributed by atoms with E-state index in [0.717, 1.165) is 11.3 Å². The average Bonchev–Trinajstić information content (AvgIpc) is 3.11. The number of aryl methyl sites for hydroxylation is 1. The lowest BCUT2D eigenvalue weighted by Gasteiger charge is -2.11. The van der Waals surface area contributed by atoms with E-state index < -0.39 is 6.61 Å². The summed E-state index contributed by atoms with van der Waals surface area (Å²) >= 11 is 2.52. The molecule has 0 bridgehead atoms. The number of nitrogens with one attached hydrogen (secondary N) is 2. The van der Waals surface area contributed by atoms with Crippen LogP contribution in [0, 0.1) is 6.92 Å². The predicted molar refractivity (Wildman–Crippen MR) is 107 cm³/mol. The molecule has 0 atom stereocenters. The third-order valence-corrected chi connectivity index (χ3v) is 5.39. The monoisotopic (exact) mass is 422 g/mol. The molecular formula is C18H16F2N4O2S2. The van der Waals surface area contributed by atoms with E-state index in [9.17, 15) is 13.6 Å². The van der Waals surface area contributed by atoms with Crippen molar-refractivity contribution in [1.82, 2.24) is 10.2 Å². The number of rotatable bonds is 8. The van der Waals surface area contributed by atoms with E-state index >= 15 is 0 Å². The van der Waals surface area contributed by atoms with E-state index in [1.165, 1.54) is 35.2 Å². The normalized spacial score (nSPS) is 10.7. The first kappa shape index (κ1) is 20.0. The van der Waals surface area contributed by atoms with Crippen LogP contribution in [0.3, 0.4) is 0 Å². The van der Waals surface area contributed by atoms with Crippen molar-refractivity contribution >= 4 is 45.5 Å². The summed E-state index contributed by atoms with van der Waals surface area (Å²) in [5, 5.41) is 14.4. The number of nitrogens with zero attached hydrogens (tertiary/aromatic N) is 2. The molecule has 10 heteroatoms. The van der Waals surface area contributed by atoms with Crippen LogP contribution in [-0.2, 0) is 4.79 Å². The summed E-state index contributed by atoms with van der Waals surface area (Å²) in [5.74, 6) is -0.391. The molecule has 6 nitrogen and oxygen atoms in total. The van der Waals surface area contributed by atoms with Gasteiger partial charge >= 0.3 is 6.61 Å². The highest BCUT2D eigenvalue weighted by molar-refractivity contribution is 8.01. The molecule has 3 rings (SSSR count). The number of anilines is 3. The number of hydrogen-bond acceptors (Lipinski definition) is 7. The van der Waals surface area contributed by atoms with Crippen LogP contribution in [0.4, 0.5) is 25.3 Å². The van der Waals surface area contributed by atoms with E-state index in [2.05, 4.69) is 25.6 Å². The Morgan fingerprint density at radius 2 is 1.93 bits per heavy atom. The minimum absolute atomic E-state index is 0.0577. The fraction of sp³-hybridized carbons (Fsp3) is 0.167. The van der Waals surface area contributed by atoms with Gasteiger partial charge in [0.2, 0.25) is 11.0 Å². The number of thioether (sulfide) groups is 1. The van der Waals surface area contributed by atoms with Crippen molar-refractivity contribution < 1.29 is 18.3 Å². The number of para-hydroxylation sites is 2. The smallest absolute Gasteiger partial charge is 0.387 e. The lowest BCUT2D eigenvalue weighted by Crippen LogP contribution is -2.15. The topological polar surface area (TPSA) is 76.1 Å². The Labute approximate surface area is 168 Å². The van der Waals surface area contributed by atoms with Crippen molar-refractivity contribution in [2.24, 2.45) is 0 Å². The maximum absolute atomic E-state index is 12.4. The molecule has 28 heavy (non-hydrogen) atoms. The van der Waals surface area contributed by atoms with Gasteiger partial charge in [-0.3, -0.25) is 4.79 Å². The van der Waals surface area contributed by atoms with Gasteiger partial charge in [-0.25, -0.2) is 0 Å². The Morgan fingerprint density at radius 3 is 2.68 bits per heavy atom. The van der Waals surface area contributed by atoms with E-state index in [1.807, 2.05) is 31.2 Å². The Kier molecular flexibility index (Phi) is 6.77. The Morgan fingerprint density at radius 1 is 1.18 bits per heavy atom. The van der Waals surface area contributed by atoms with Crippen molar-refractivity contribution in [1.29, 1.82) is 0 Å². The van der Waals surface area contributed by atoms with Gasteiger partial charge in [0.05, 0.1) is 11.4 Å². The standard InChI is InChI=1S/C18H16F2N4O2S2/c1-11-6-8-12(9-7-11)21-17-23-24-18(28-17)27-10-15(25)22-13-4-2-3-5-14(13)26-16(19)20/h2-9,16H,10H2,1H3,(H,21,23)(H,22,25). The summed E-state index contributed by atoms with van der Waals surface area (Å²) in [7, 11) is 0. The van der Waals surface area contributed by atoms with Crippen molar-refractivity contribution in [3.63, 3.8) is 0 Å². The predicted octanol–water partition coefficient (Wildman–Crippen LogP) is 4.92. The molecule has 0 aliphatic heterocycles. The van der Waals surface area contributed by atoms with E-state index in [4.69, 9.17) is 0 Å². The van der Waals surface area contributed by atoms with Gasteiger partial charge in [-0.15, -0.1) is 10.2 Å². The van der Waals surface area contributed by atoms with Crippen LogP contribution in [0.1, 0.15) is 5.56 Å². The molecule has 2 N–H and O–H groups in total. The third kappa shape index (κ3) is 5.89. The SMILES string of the molecule is Cc1ccc(Nc2nnc(SCC(=O)Nc3ccccc3OC(F)F)s2)cc1. The number of carbonyl (C=O) groups is 1. The zero-order chi connectivity index (χ0) is 19.9. The van der Waals surface area contributed by atoms with Gasteiger partial charge in [0.1, 0.15) is 5.75 Å². The van der Waals surface area contributed by atoms with E-state index in [0.29, 0.717) is 9.47 Å². The van der Waals surface area contributed by atoms with Crippen molar-refractivity contribution in [2.75, 3.05) is 16.4 Å². The zero-order valence-electron chi connectivity index (χ0n) is 14.7. The summed E-state index contributed by atoms with van der Waals surface area (Å²) in [6.07, 6.45) is 0.